The van der Waals surface area contributed by atoms with Crippen LogP contribution in [0.3, 0.4) is 0 Å². The van der Waals surface area contributed by atoms with Gasteiger partial charge in [-0.3, -0.25) is 4.79 Å². The van der Waals surface area contributed by atoms with Gasteiger partial charge in [0.05, 0.1) is 24.7 Å². The number of aryl methyl sites for hydroxylation is 1. The zero-order chi connectivity index (χ0) is 23.8. The fourth-order valence-electron chi connectivity index (χ4n) is 4.68. The van der Waals surface area contributed by atoms with Crippen LogP contribution in [0.25, 0.3) is 0 Å². The van der Waals surface area contributed by atoms with Gasteiger partial charge in [-0.1, -0.05) is 6.07 Å². The SMILES string of the molecule is Cc1cc(C#N)ccc1Oc1ccc(F)c2c1CC[C@H]2Oc1ccc2c(c1)OC[C@H]2CC(=O)O. The molecule has 5 rings (SSSR count). The van der Waals surface area contributed by atoms with Gasteiger partial charge in [0.25, 0.3) is 0 Å². The van der Waals surface area contributed by atoms with Crippen LogP contribution < -0.4 is 14.2 Å². The summed E-state index contributed by atoms with van der Waals surface area (Å²) in [7, 11) is 0. The molecule has 172 valence electrons. The van der Waals surface area contributed by atoms with E-state index in [1.165, 1.54) is 6.07 Å². The summed E-state index contributed by atoms with van der Waals surface area (Å²) in [6.45, 7) is 2.18. The molecule has 0 spiro atoms. The number of carboxylic acid groups (broad SMARTS) is 1. The molecule has 0 amide bonds. The van der Waals surface area contributed by atoms with Crippen molar-refractivity contribution >= 4 is 5.97 Å². The number of rotatable bonds is 6. The highest BCUT2D eigenvalue weighted by molar-refractivity contribution is 5.68. The molecule has 6 nitrogen and oxygen atoms in total. The number of carboxylic acids is 1. The van der Waals surface area contributed by atoms with Crippen molar-refractivity contribution < 1.29 is 28.5 Å². The van der Waals surface area contributed by atoms with E-state index in [-0.39, 0.29) is 18.2 Å². The zero-order valence-electron chi connectivity index (χ0n) is 18.5. The molecule has 2 atom stereocenters. The van der Waals surface area contributed by atoms with Gasteiger partial charge >= 0.3 is 5.97 Å². The minimum atomic E-state index is -0.867. The number of fused-ring (bicyclic) bond motifs is 2. The Balaban J connectivity index is 1.38. The molecular formula is C27H22FNO5. The van der Waals surface area contributed by atoms with Crippen LogP contribution in [-0.2, 0) is 11.2 Å². The minimum Gasteiger partial charge on any atom is -0.492 e. The molecule has 1 aliphatic heterocycles. The number of benzene rings is 3. The first kappa shape index (κ1) is 21.8. The number of nitriles is 1. The molecule has 1 N–H and O–H groups in total. The summed E-state index contributed by atoms with van der Waals surface area (Å²) < 4.78 is 32.8. The average Bonchev–Trinajstić information content (AvgIpc) is 3.41. The molecular weight excluding hydrogens is 437 g/mol. The molecule has 0 radical (unpaired) electrons. The Bertz CT molecular complexity index is 1330. The standard InChI is InChI=1S/C27H22FNO5/c1-15-10-16(13-29)2-7-22(15)34-23-9-6-21(28)27-20(23)5-8-24(27)33-18-3-4-19-17(11-26(30)31)14-32-25(19)12-18/h2-4,6-7,9-10,12,17,24H,5,8,11,14H2,1H3,(H,30,31)/t17-,24-/m1/s1. The Morgan fingerprint density at radius 1 is 1.21 bits per heavy atom. The van der Waals surface area contributed by atoms with Crippen molar-refractivity contribution in [1.82, 2.24) is 0 Å². The third-order valence-electron chi connectivity index (χ3n) is 6.33. The highest BCUT2D eigenvalue weighted by Crippen LogP contribution is 2.44. The summed E-state index contributed by atoms with van der Waals surface area (Å²) in [6.07, 6.45) is 0.730. The first-order chi connectivity index (χ1) is 16.4. The summed E-state index contributed by atoms with van der Waals surface area (Å²) in [5.74, 6) is 0.941. The van der Waals surface area contributed by atoms with Gasteiger partial charge < -0.3 is 19.3 Å². The summed E-state index contributed by atoms with van der Waals surface area (Å²) >= 11 is 0. The van der Waals surface area contributed by atoms with Crippen LogP contribution in [0.2, 0.25) is 0 Å². The van der Waals surface area contributed by atoms with Crippen molar-refractivity contribution in [3.05, 3.63) is 82.2 Å². The fourth-order valence-corrected chi connectivity index (χ4v) is 4.68. The highest BCUT2D eigenvalue weighted by atomic mass is 19.1. The van der Waals surface area contributed by atoms with E-state index in [0.717, 1.165) is 16.7 Å². The number of nitrogens with zero attached hydrogens (tertiary/aromatic N) is 1. The van der Waals surface area contributed by atoms with Gasteiger partial charge in [0.2, 0.25) is 0 Å². The van der Waals surface area contributed by atoms with Crippen molar-refractivity contribution in [2.75, 3.05) is 6.61 Å². The lowest BCUT2D eigenvalue weighted by Crippen LogP contribution is -2.07. The maximum absolute atomic E-state index is 14.9. The second-order valence-corrected chi connectivity index (χ2v) is 8.58. The Labute approximate surface area is 196 Å². The van der Waals surface area contributed by atoms with Crippen LogP contribution in [0.5, 0.6) is 23.0 Å². The van der Waals surface area contributed by atoms with Crippen molar-refractivity contribution in [3.63, 3.8) is 0 Å². The second-order valence-electron chi connectivity index (χ2n) is 8.58. The molecule has 0 unspecified atom stereocenters. The van der Waals surface area contributed by atoms with Gasteiger partial charge in [0.15, 0.2) is 0 Å². The van der Waals surface area contributed by atoms with E-state index in [0.29, 0.717) is 53.6 Å². The molecule has 0 bridgehead atoms. The Hall–Kier alpha value is -4.05. The Morgan fingerprint density at radius 3 is 2.79 bits per heavy atom. The van der Waals surface area contributed by atoms with E-state index in [1.54, 1.807) is 36.4 Å². The second kappa shape index (κ2) is 8.71. The molecule has 0 fully saturated rings. The minimum absolute atomic E-state index is 0.00983. The predicted molar refractivity (Wildman–Crippen MR) is 121 cm³/mol. The van der Waals surface area contributed by atoms with Gasteiger partial charge in [-0.05, 0) is 61.7 Å². The van der Waals surface area contributed by atoms with E-state index in [4.69, 9.17) is 24.6 Å². The summed E-state index contributed by atoms with van der Waals surface area (Å²) in [4.78, 5) is 11.1. The topological polar surface area (TPSA) is 88.8 Å². The molecule has 7 heteroatoms. The Kier molecular flexibility index (Phi) is 5.58. The maximum atomic E-state index is 14.9. The number of halogens is 1. The fraction of sp³-hybridized carbons (Fsp3) is 0.259. The predicted octanol–water partition coefficient (Wildman–Crippen LogP) is 5.82. The number of carbonyl (C=O) groups is 1. The molecule has 3 aromatic rings. The van der Waals surface area contributed by atoms with Crippen LogP contribution in [0.4, 0.5) is 4.39 Å². The monoisotopic (exact) mass is 459 g/mol. The van der Waals surface area contributed by atoms with E-state index in [1.807, 2.05) is 13.0 Å². The van der Waals surface area contributed by atoms with Gasteiger partial charge in [-0.25, -0.2) is 4.39 Å². The number of hydrogen-bond acceptors (Lipinski definition) is 5. The van der Waals surface area contributed by atoms with E-state index in [2.05, 4.69) is 6.07 Å². The normalized spacial score (nSPS) is 17.9. The maximum Gasteiger partial charge on any atom is 0.304 e. The van der Waals surface area contributed by atoms with Crippen molar-refractivity contribution in [2.24, 2.45) is 0 Å². The van der Waals surface area contributed by atoms with Gasteiger partial charge in [-0.2, -0.15) is 5.26 Å². The average molecular weight is 459 g/mol. The summed E-state index contributed by atoms with van der Waals surface area (Å²) in [5.41, 5.74) is 3.47. The van der Waals surface area contributed by atoms with Crippen molar-refractivity contribution in [1.29, 1.82) is 5.26 Å². The molecule has 0 aromatic heterocycles. The molecule has 34 heavy (non-hydrogen) atoms. The van der Waals surface area contributed by atoms with Crippen molar-refractivity contribution in [2.45, 2.75) is 38.2 Å². The Morgan fingerprint density at radius 2 is 2.03 bits per heavy atom. The number of ether oxygens (including phenoxy) is 3. The molecule has 0 saturated carbocycles. The van der Waals surface area contributed by atoms with Crippen LogP contribution in [-0.4, -0.2) is 17.7 Å². The molecule has 3 aromatic carbocycles. The largest absolute Gasteiger partial charge is 0.492 e. The van der Waals surface area contributed by atoms with Crippen molar-refractivity contribution in [3.8, 4) is 29.1 Å². The third-order valence-corrected chi connectivity index (χ3v) is 6.33. The van der Waals surface area contributed by atoms with E-state index >= 15 is 0 Å². The van der Waals surface area contributed by atoms with Crippen LogP contribution in [0.15, 0.2) is 48.5 Å². The molecule has 1 aliphatic carbocycles. The lowest BCUT2D eigenvalue weighted by atomic mass is 9.98. The van der Waals surface area contributed by atoms with Gasteiger partial charge in [0.1, 0.15) is 34.9 Å². The first-order valence-corrected chi connectivity index (χ1v) is 11.1. The summed E-state index contributed by atoms with van der Waals surface area (Å²) in [5, 5.41) is 18.1. The molecule has 0 saturated heterocycles. The van der Waals surface area contributed by atoms with Crippen LogP contribution >= 0.6 is 0 Å². The quantitative estimate of drug-likeness (QED) is 0.500. The zero-order valence-corrected chi connectivity index (χ0v) is 18.5. The lowest BCUT2D eigenvalue weighted by Gasteiger charge is -2.18. The summed E-state index contributed by atoms with van der Waals surface area (Å²) in [6, 6.07) is 15.6. The highest BCUT2D eigenvalue weighted by Gasteiger charge is 2.32. The smallest absolute Gasteiger partial charge is 0.304 e. The third kappa shape index (κ3) is 4.03. The van der Waals surface area contributed by atoms with E-state index < -0.39 is 12.1 Å². The van der Waals surface area contributed by atoms with Gasteiger partial charge in [-0.15, -0.1) is 0 Å². The van der Waals surface area contributed by atoms with Gasteiger partial charge in [0, 0.05) is 28.7 Å². The van der Waals surface area contributed by atoms with Crippen LogP contribution in [0, 0.1) is 24.1 Å². The number of aliphatic carboxylic acids is 1. The van der Waals surface area contributed by atoms with E-state index in [9.17, 15) is 9.18 Å². The molecule has 2 aliphatic rings. The number of hydrogen-bond donors (Lipinski definition) is 1. The lowest BCUT2D eigenvalue weighted by molar-refractivity contribution is -0.137. The molecule has 1 heterocycles. The first-order valence-electron chi connectivity index (χ1n) is 11.1. The van der Waals surface area contributed by atoms with Crippen LogP contribution in [0.1, 0.15) is 52.7 Å².